The van der Waals surface area contributed by atoms with E-state index < -0.39 is 0 Å². The molecular formula is C12H13N3O. The van der Waals surface area contributed by atoms with Crippen LogP contribution in [0.5, 0.6) is 5.88 Å². The molecule has 0 saturated carbocycles. The SMILES string of the molecule is COc1cccc(Nc2ccc(N)cc2)n1. The molecule has 4 heteroatoms. The van der Waals surface area contributed by atoms with Crippen molar-refractivity contribution in [3.05, 3.63) is 42.5 Å². The van der Waals surface area contributed by atoms with Crippen LogP contribution in [0.4, 0.5) is 17.2 Å². The molecule has 0 spiro atoms. The highest BCUT2D eigenvalue weighted by molar-refractivity contribution is 5.59. The summed E-state index contributed by atoms with van der Waals surface area (Å²) in [7, 11) is 1.59. The molecule has 0 unspecified atom stereocenters. The zero-order valence-corrected chi connectivity index (χ0v) is 8.97. The molecule has 2 rings (SSSR count). The molecule has 82 valence electrons. The zero-order chi connectivity index (χ0) is 11.4. The first kappa shape index (κ1) is 10.3. The van der Waals surface area contributed by atoms with Gasteiger partial charge in [-0.3, -0.25) is 0 Å². The van der Waals surface area contributed by atoms with E-state index >= 15 is 0 Å². The number of methoxy groups -OCH3 is 1. The van der Waals surface area contributed by atoms with Crippen LogP contribution in [0.3, 0.4) is 0 Å². The number of nitrogen functional groups attached to an aromatic ring is 1. The lowest BCUT2D eigenvalue weighted by Gasteiger charge is -2.06. The fraction of sp³-hybridized carbons (Fsp3) is 0.0833. The first-order valence-corrected chi connectivity index (χ1v) is 4.91. The Morgan fingerprint density at radius 3 is 2.56 bits per heavy atom. The minimum atomic E-state index is 0.584. The summed E-state index contributed by atoms with van der Waals surface area (Å²) in [5, 5.41) is 3.16. The van der Waals surface area contributed by atoms with Crippen LogP contribution in [-0.4, -0.2) is 12.1 Å². The van der Waals surface area contributed by atoms with Crippen molar-refractivity contribution in [1.29, 1.82) is 0 Å². The van der Waals surface area contributed by atoms with Crippen LogP contribution in [0.25, 0.3) is 0 Å². The number of hydrogen-bond donors (Lipinski definition) is 2. The van der Waals surface area contributed by atoms with Gasteiger partial charge in [-0.1, -0.05) is 6.07 Å². The summed E-state index contributed by atoms with van der Waals surface area (Å²) in [5.41, 5.74) is 7.28. The van der Waals surface area contributed by atoms with Crippen molar-refractivity contribution in [2.24, 2.45) is 0 Å². The number of nitrogens with one attached hydrogen (secondary N) is 1. The lowest BCUT2D eigenvalue weighted by molar-refractivity contribution is 0.398. The van der Waals surface area contributed by atoms with E-state index in [-0.39, 0.29) is 0 Å². The summed E-state index contributed by atoms with van der Waals surface area (Å²) in [6.07, 6.45) is 0. The smallest absolute Gasteiger partial charge is 0.214 e. The van der Waals surface area contributed by atoms with E-state index in [1.807, 2.05) is 36.4 Å². The molecule has 1 aromatic carbocycles. The van der Waals surface area contributed by atoms with Gasteiger partial charge in [0.2, 0.25) is 5.88 Å². The van der Waals surface area contributed by atoms with Crippen LogP contribution in [0, 0.1) is 0 Å². The quantitative estimate of drug-likeness (QED) is 0.772. The Bertz CT molecular complexity index is 468. The van der Waals surface area contributed by atoms with Gasteiger partial charge in [-0.2, -0.15) is 4.98 Å². The van der Waals surface area contributed by atoms with Crippen molar-refractivity contribution in [3.63, 3.8) is 0 Å². The Labute approximate surface area is 94.1 Å². The fourth-order valence-corrected chi connectivity index (χ4v) is 1.31. The first-order chi connectivity index (χ1) is 7.78. The highest BCUT2D eigenvalue weighted by atomic mass is 16.5. The molecule has 0 radical (unpaired) electrons. The molecule has 0 amide bonds. The van der Waals surface area contributed by atoms with Crippen molar-refractivity contribution in [3.8, 4) is 5.88 Å². The molecular weight excluding hydrogens is 202 g/mol. The van der Waals surface area contributed by atoms with Crippen LogP contribution in [0.1, 0.15) is 0 Å². The van der Waals surface area contributed by atoms with Crippen LogP contribution in [0.2, 0.25) is 0 Å². The van der Waals surface area contributed by atoms with Gasteiger partial charge in [-0.25, -0.2) is 0 Å². The number of benzene rings is 1. The van der Waals surface area contributed by atoms with Gasteiger partial charge in [-0.15, -0.1) is 0 Å². The highest BCUT2D eigenvalue weighted by Gasteiger charge is 1.97. The Balaban J connectivity index is 2.16. The number of ether oxygens (including phenoxy) is 1. The van der Waals surface area contributed by atoms with E-state index in [0.717, 1.165) is 17.2 Å². The molecule has 3 N–H and O–H groups in total. The molecule has 0 aliphatic carbocycles. The van der Waals surface area contributed by atoms with Crippen LogP contribution < -0.4 is 15.8 Å². The summed E-state index contributed by atoms with van der Waals surface area (Å²) in [5.74, 6) is 1.32. The highest BCUT2D eigenvalue weighted by Crippen LogP contribution is 2.17. The largest absolute Gasteiger partial charge is 0.481 e. The Morgan fingerprint density at radius 2 is 1.88 bits per heavy atom. The second kappa shape index (κ2) is 4.53. The summed E-state index contributed by atoms with van der Waals surface area (Å²) in [4.78, 5) is 4.24. The number of hydrogen-bond acceptors (Lipinski definition) is 4. The number of aromatic nitrogens is 1. The Morgan fingerprint density at radius 1 is 1.12 bits per heavy atom. The summed E-state index contributed by atoms with van der Waals surface area (Å²) >= 11 is 0. The maximum Gasteiger partial charge on any atom is 0.214 e. The fourth-order valence-electron chi connectivity index (χ4n) is 1.31. The van der Waals surface area contributed by atoms with Gasteiger partial charge >= 0.3 is 0 Å². The van der Waals surface area contributed by atoms with E-state index in [1.54, 1.807) is 13.2 Å². The second-order valence-corrected chi connectivity index (χ2v) is 3.31. The third-order valence-corrected chi connectivity index (χ3v) is 2.12. The third-order valence-electron chi connectivity index (χ3n) is 2.12. The van der Waals surface area contributed by atoms with E-state index in [1.165, 1.54) is 0 Å². The van der Waals surface area contributed by atoms with Gasteiger partial charge in [0.25, 0.3) is 0 Å². The molecule has 0 aliphatic heterocycles. The molecule has 1 aromatic heterocycles. The van der Waals surface area contributed by atoms with Gasteiger partial charge in [0.1, 0.15) is 5.82 Å². The van der Waals surface area contributed by atoms with E-state index in [2.05, 4.69) is 10.3 Å². The second-order valence-electron chi connectivity index (χ2n) is 3.31. The Hall–Kier alpha value is -2.23. The molecule has 4 nitrogen and oxygen atoms in total. The predicted molar refractivity (Wildman–Crippen MR) is 64.9 cm³/mol. The van der Waals surface area contributed by atoms with Gasteiger partial charge in [0.15, 0.2) is 0 Å². The standard InChI is InChI=1S/C12H13N3O/c1-16-12-4-2-3-11(15-12)14-10-7-5-9(13)6-8-10/h2-8H,13H2,1H3,(H,14,15). The Kier molecular flexibility index (Phi) is 2.91. The van der Waals surface area contributed by atoms with Crippen molar-refractivity contribution < 1.29 is 4.74 Å². The van der Waals surface area contributed by atoms with E-state index in [0.29, 0.717) is 5.88 Å². The number of rotatable bonds is 3. The molecule has 1 heterocycles. The molecule has 0 aliphatic rings. The minimum Gasteiger partial charge on any atom is -0.481 e. The number of nitrogens with two attached hydrogens (primary N) is 1. The number of nitrogens with zero attached hydrogens (tertiary/aromatic N) is 1. The molecule has 0 bridgehead atoms. The number of anilines is 3. The van der Waals surface area contributed by atoms with E-state index in [4.69, 9.17) is 10.5 Å². The molecule has 16 heavy (non-hydrogen) atoms. The van der Waals surface area contributed by atoms with Crippen LogP contribution in [0.15, 0.2) is 42.5 Å². The van der Waals surface area contributed by atoms with Gasteiger partial charge in [0.05, 0.1) is 7.11 Å². The summed E-state index contributed by atoms with van der Waals surface area (Å²) in [6.45, 7) is 0. The van der Waals surface area contributed by atoms with Crippen molar-refractivity contribution in [2.75, 3.05) is 18.2 Å². The summed E-state index contributed by atoms with van der Waals surface area (Å²) < 4.78 is 5.04. The molecule has 0 atom stereocenters. The lowest BCUT2D eigenvalue weighted by Crippen LogP contribution is -1.95. The average Bonchev–Trinajstić information content (AvgIpc) is 2.32. The number of pyridine rings is 1. The third kappa shape index (κ3) is 2.42. The lowest BCUT2D eigenvalue weighted by atomic mass is 10.3. The van der Waals surface area contributed by atoms with E-state index in [9.17, 15) is 0 Å². The summed E-state index contributed by atoms with van der Waals surface area (Å²) in [6, 6.07) is 13.0. The molecule has 0 saturated heterocycles. The zero-order valence-electron chi connectivity index (χ0n) is 8.97. The van der Waals surface area contributed by atoms with Crippen LogP contribution >= 0.6 is 0 Å². The topological polar surface area (TPSA) is 60.2 Å². The first-order valence-electron chi connectivity index (χ1n) is 4.91. The van der Waals surface area contributed by atoms with Crippen LogP contribution in [-0.2, 0) is 0 Å². The monoisotopic (exact) mass is 215 g/mol. The van der Waals surface area contributed by atoms with Crippen molar-refractivity contribution in [2.45, 2.75) is 0 Å². The molecule has 0 fully saturated rings. The normalized spacial score (nSPS) is 9.81. The van der Waals surface area contributed by atoms with Gasteiger partial charge in [0, 0.05) is 17.4 Å². The van der Waals surface area contributed by atoms with Gasteiger partial charge in [-0.05, 0) is 30.3 Å². The van der Waals surface area contributed by atoms with Crippen molar-refractivity contribution in [1.82, 2.24) is 4.98 Å². The maximum absolute atomic E-state index is 5.60. The minimum absolute atomic E-state index is 0.584. The maximum atomic E-state index is 5.60. The average molecular weight is 215 g/mol. The predicted octanol–water partition coefficient (Wildman–Crippen LogP) is 2.42. The van der Waals surface area contributed by atoms with Crippen molar-refractivity contribution >= 4 is 17.2 Å². The van der Waals surface area contributed by atoms with Gasteiger partial charge < -0.3 is 15.8 Å². The molecule has 2 aromatic rings.